The normalized spacial score (nSPS) is 18.3. The molecule has 1 aliphatic rings. The second kappa shape index (κ2) is 45.6. The van der Waals surface area contributed by atoms with Crippen molar-refractivity contribution in [1.29, 1.82) is 0 Å². The quantitative estimate of drug-likeness (QED) is 0.0165. The van der Waals surface area contributed by atoms with E-state index in [0.717, 1.165) is 89.9 Å². The maximum atomic E-state index is 14.0. The number of hydrogen-bond donors (Lipinski definition) is 5. The molecule has 0 radical (unpaired) electrons. The Balaban J connectivity index is 3.15. The molecule has 1 heterocycles. The highest BCUT2D eigenvalue weighted by atomic mass is 31.2. The number of hydrogen-bond acceptors (Lipinski definition) is 12. The molecule has 5 N–H and O–H groups in total. The van der Waals surface area contributed by atoms with E-state index in [2.05, 4.69) is 31.4 Å². The van der Waals surface area contributed by atoms with E-state index < -0.39 is 75.0 Å². The molecule has 0 aromatic carbocycles. The molecule has 0 aliphatic carbocycles. The van der Waals surface area contributed by atoms with Gasteiger partial charge in [-0.2, -0.15) is 0 Å². The van der Waals surface area contributed by atoms with Crippen LogP contribution in [0.2, 0.25) is 0 Å². The van der Waals surface area contributed by atoms with Crippen LogP contribution in [0.25, 0.3) is 0 Å². The van der Waals surface area contributed by atoms with Crippen molar-refractivity contribution in [3.63, 3.8) is 0 Å². The highest BCUT2D eigenvalue weighted by Crippen LogP contribution is 2.42. The van der Waals surface area contributed by atoms with Gasteiger partial charge in [0.1, 0.15) is 31.0 Å². The lowest BCUT2D eigenvalue weighted by atomic mass is 9.96. The number of carbonyl (C=O) groups is 5. The highest BCUT2D eigenvalue weighted by molar-refractivity contribution is 7.46. The molecule has 1 rings (SSSR count). The molecule has 6 atom stereocenters. The molecule has 2 amide bonds. The third-order valence-electron chi connectivity index (χ3n) is 13.6. The van der Waals surface area contributed by atoms with Crippen molar-refractivity contribution >= 4 is 37.5 Å². The lowest BCUT2D eigenvalue weighted by Gasteiger charge is -2.44. The number of ether oxygens (including phenoxy) is 4. The van der Waals surface area contributed by atoms with Gasteiger partial charge in [0.2, 0.25) is 11.8 Å². The van der Waals surface area contributed by atoms with E-state index in [1.54, 1.807) is 0 Å². The molecule has 1 fully saturated rings. The Bertz CT molecular complexity index is 1470. The molecular formula is C56H105N2O14P. The maximum Gasteiger partial charge on any atom is 0.470 e. The van der Waals surface area contributed by atoms with Crippen molar-refractivity contribution in [3.8, 4) is 0 Å². The molecule has 73 heavy (non-hydrogen) atoms. The summed E-state index contributed by atoms with van der Waals surface area (Å²) in [4.78, 5) is 85.9. The average Bonchev–Trinajstić information content (AvgIpc) is 3.34. The SMILES string of the molecule is CCCCCCCCCCCCCC(=O)OC(CCCCCCCCCCC)CC(=O)N[C@H]1C(O)O[C@H](COC(=O)CCC(=O)NCCCC)[C@@H](OP(=O)(O)O)[C@@H]1OC(=O)CCCCCCCCCCCCC. The second-order valence-electron chi connectivity index (χ2n) is 20.6. The molecule has 17 heteroatoms. The largest absolute Gasteiger partial charge is 0.470 e. The maximum absolute atomic E-state index is 14.0. The second-order valence-corrected chi connectivity index (χ2v) is 21.8. The minimum absolute atomic E-state index is 0.0520. The Morgan fingerprint density at radius 2 is 0.959 bits per heavy atom. The standard InChI is InChI=1S/C56H105N2O14P/c1-5-9-13-16-19-22-24-27-30-33-36-39-51(62)69-46(38-35-32-29-26-21-18-15-11-7-3)44-49(60)58-53-55(71-52(63)40-37-34-31-28-25-23-20-17-14-10-6-2)54(72-73(65,66)67)47(70-56(53)64)45-68-50(61)42-41-48(59)57-43-12-8-4/h46-47,53-56,64H,5-45H2,1-4H3,(H,57,59)(H,58,60)(H2,65,66,67)/t46?,47-,53-,54-,55-,56?/m1/s1. The van der Waals surface area contributed by atoms with Crippen LogP contribution in [0.5, 0.6) is 0 Å². The number of nitrogens with one attached hydrogen (secondary N) is 2. The van der Waals surface area contributed by atoms with Gasteiger partial charge in [-0.1, -0.05) is 214 Å². The zero-order chi connectivity index (χ0) is 53.8. The van der Waals surface area contributed by atoms with Gasteiger partial charge in [-0.15, -0.1) is 0 Å². The smallest absolute Gasteiger partial charge is 0.463 e. The Morgan fingerprint density at radius 3 is 1.42 bits per heavy atom. The van der Waals surface area contributed by atoms with Crippen LogP contribution in [0.15, 0.2) is 0 Å². The fourth-order valence-electron chi connectivity index (χ4n) is 9.25. The molecule has 0 bridgehead atoms. The zero-order valence-corrected chi connectivity index (χ0v) is 47.1. The third kappa shape index (κ3) is 38.6. The summed E-state index contributed by atoms with van der Waals surface area (Å²) in [6.45, 7) is 8.36. The predicted octanol–water partition coefficient (Wildman–Crippen LogP) is 12.4. The van der Waals surface area contributed by atoms with Crippen LogP contribution < -0.4 is 10.6 Å². The molecule has 1 saturated heterocycles. The van der Waals surface area contributed by atoms with Crippen molar-refractivity contribution in [2.45, 2.75) is 315 Å². The van der Waals surface area contributed by atoms with Gasteiger partial charge >= 0.3 is 25.7 Å². The van der Waals surface area contributed by atoms with Crippen molar-refractivity contribution < 1.29 is 66.9 Å². The zero-order valence-electron chi connectivity index (χ0n) is 46.2. The molecule has 0 saturated carbocycles. The first-order valence-corrected chi connectivity index (χ1v) is 31.0. The minimum Gasteiger partial charge on any atom is -0.463 e. The van der Waals surface area contributed by atoms with Crippen LogP contribution in [0.4, 0.5) is 0 Å². The van der Waals surface area contributed by atoms with Crippen molar-refractivity contribution in [2.75, 3.05) is 13.2 Å². The van der Waals surface area contributed by atoms with E-state index in [9.17, 15) is 43.4 Å². The van der Waals surface area contributed by atoms with E-state index >= 15 is 0 Å². The molecule has 2 unspecified atom stereocenters. The fraction of sp³-hybridized carbons (Fsp3) is 0.911. The van der Waals surface area contributed by atoms with Crippen molar-refractivity contribution in [2.24, 2.45) is 0 Å². The Kier molecular flexibility index (Phi) is 42.7. The molecule has 428 valence electrons. The molecule has 16 nitrogen and oxygen atoms in total. The lowest BCUT2D eigenvalue weighted by Crippen LogP contribution is -2.66. The van der Waals surface area contributed by atoms with Gasteiger partial charge in [0.15, 0.2) is 12.4 Å². The number of esters is 3. The monoisotopic (exact) mass is 1060 g/mol. The summed E-state index contributed by atoms with van der Waals surface area (Å²) in [7, 11) is -5.38. The van der Waals surface area contributed by atoms with Crippen molar-refractivity contribution in [3.05, 3.63) is 0 Å². The summed E-state index contributed by atoms with van der Waals surface area (Å²) in [5, 5.41) is 16.8. The van der Waals surface area contributed by atoms with Gasteiger partial charge in [0.05, 0.1) is 12.8 Å². The third-order valence-corrected chi connectivity index (χ3v) is 14.2. The molecule has 0 aromatic heterocycles. The van der Waals surface area contributed by atoms with Crippen LogP contribution in [0.1, 0.15) is 278 Å². The summed E-state index contributed by atoms with van der Waals surface area (Å²) >= 11 is 0. The minimum atomic E-state index is -5.38. The molecule has 0 spiro atoms. The number of phosphoric ester groups is 1. The van der Waals surface area contributed by atoms with E-state index in [4.69, 9.17) is 23.5 Å². The van der Waals surface area contributed by atoms with E-state index in [0.29, 0.717) is 25.8 Å². The summed E-state index contributed by atoms with van der Waals surface area (Å²) in [5.74, 6) is -3.01. The number of aliphatic hydroxyl groups is 1. The summed E-state index contributed by atoms with van der Waals surface area (Å²) in [6.07, 6.45) is 27.5. The van der Waals surface area contributed by atoms with Gasteiger partial charge in [0, 0.05) is 25.8 Å². The number of rotatable bonds is 49. The predicted molar refractivity (Wildman–Crippen MR) is 286 cm³/mol. The Morgan fingerprint density at radius 1 is 0.521 bits per heavy atom. The summed E-state index contributed by atoms with van der Waals surface area (Å²) in [5.41, 5.74) is 0. The summed E-state index contributed by atoms with van der Waals surface area (Å²) in [6, 6.07) is -1.59. The van der Waals surface area contributed by atoms with E-state index in [1.807, 2.05) is 6.92 Å². The van der Waals surface area contributed by atoms with Crippen LogP contribution in [0.3, 0.4) is 0 Å². The molecule has 1 aliphatic heterocycles. The van der Waals surface area contributed by atoms with Gasteiger partial charge in [-0.25, -0.2) is 4.57 Å². The van der Waals surface area contributed by atoms with Gasteiger partial charge < -0.3 is 44.5 Å². The van der Waals surface area contributed by atoms with Crippen LogP contribution in [0, 0.1) is 0 Å². The molecule has 0 aromatic rings. The first-order valence-electron chi connectivity index (χ1n) is 29.4. The number of phosphoric acid groups is 1. The molecular weight excluding hydrogens is 956 g/mol. The number of aliphatic hydroxyl groups excluding tert-OH is 1. The van der Waals surface area contributed by atoms with Gasteiger partial charge in [-0.3, -0.25) is 28.5 Å². The fourth-order valence-corrected chi connectivity index (χ4v) is 9.82. The van der Waals surface area contributed by atoms with E-state index in [-0.39, 0.29) is 38.0 Å². The number of unbranched alkanes of at least 4 members (excludes halogenated alkanes) is 29. The topological polar surface area (TPSA) is 233 Å². The van der Waals surface area contributed by atoms with Crippen molar-refractivity contribution in [1.82, 2.24) is 10.6 Å². The Hall–Kier alpha value is -2.62. The average molecular weight is 1060 g/mol. The van der Waals surface area contributed by atoms with E-state index in [1.165, 1.54) is 109 Å². The number of carbonyl (C=O) groups excluding carboxylic acids is 5. The first-order chi connectivity index (χ1) is 35.2. The van der Waals surface area contributed by atoms with Crippen LogP contribution >= 0.6 is 7.82 Å². The van der Waals surface area contributed by atoms with Crippen LogP contribution in [-0.4, -0.2) is 94.5 Å². The first kappa shape index (κ1) is 68.4. The van der Waals surface area contributed by atoms with Gasteiger partial charge in [0.25, 0.3) is 0 Å². The lowest BCUT2D eigenvalue weighted by molar-refractivity contribution is -0.257. The Labute approximate surface area is 441 Å². The van der Waals surface area contributed by atoms with Crippen LogP contribution in [-0.2, 0) is 52.0 Å². The number of amides is 2. The highest BCUT2D eigenvalue weighted by Gasteiger charge is 2.52. The summed E-state index contributed by atoms with van der Waals surface area (Å²) < 4.78 is 40.5. The van der Waals surface area contributed by atoms with Gasteiger partial charge in [-0.05, 0) is 32.1 Å².